The molecule has 1 aliphatic heterocycles. The molecule has 0 bridgehead atoms. The lowest BCUT2D eigenvalue weighted by Crippen LogP contribution is -2.39. The average molecular weight is 349 g/mol. The molecule has 1 amide bonds. The zero-order valence-electron chi connectivity index (χ0n) is 11.2. The van der Waals surface area contributed by atoms with Crippen LogP contribution >= 0.6 is 15.9 Å². The fraction of sp³-hybridized carbons (Fsp3) is 0.188. The minimum Gasteiger partial charge on any atom is -0.372 e. The van der Waals surface area contributed by atoms with E-state index in [4.69, 9.17) is 0 Å². The van der Waals surface area contributed by atoms with Gasteiger partial charge in [-0.05, 0) is 40.4 Å². The zero-order valence-corrected chi connectivity index (χ0v) is 12.8. The van der Waals surface area contributed by atoms with E-state index in [2.05, 4.69) is 26.6 Å². The molecule has 1 unspecified atom stereocenters. The van der Waals surface area contributed by atoms with E-state index in [1.54, 1.807) is 6.07 Å². The average Bonchev–Trinajstić information content (AvgIpc) is 2.48. The summed E-state index contributed by atoms with van der Waals surface area (Å²) >= 11 is 3.16. The van der Waals surface area contributed by atoms with E-state index in [1.165, 1.54) is 11.6 Å². The van der Waals surface area contributed by atoms with E-state index in [1.807, 2.05) is 30.3 Å². The molecular formula is C16H14BrFN2O. The van der Waals surface area contributed by atoms with Crippen molar-refractivity contribution in [3.05, 3.63) is 58.3 Å². The quantitative estimate of drug-likeness (QED) is 0.881. The topological polar surface area (TPSA) is 41.1 Å². The largest absolute Gasteiger partial charge is 0.372 e. The van der Waals surface area contributed by atoms with Gasteiger partial charge in [-0.1, -0.05) is 30.3 Å². The number of carbonyl (C=O) groups is 1. The lowest BCUT2D eigenvalue weighted by atomic mass is 10.0. The maximum Gasteiger partial charge on any atom is 0.246 e. The van der Waals surface area contributed by atoms with Crippen LogP contribution in [0.3, 0.4) is 0 Å². The summed E-state index contributed by atoms with van der Waals surface area (Å²) in [6.07, 6.45) is 1.49. The van der Waals surface area contributed by atoms with E-state index < -0.39 is 5.82 Å². The lowest BCUT2D eigenvalue weighted by Gasteiger charge is -2.27. The van der Waals surface area contributed by atoms with E-state index in [0.717, 1.165) is 12.1 Å². The number of rotatable bonds is 3. The van der Waals surface area contributed by atoms with Gasteiger partial charge in [0.15, 0.2) is 0 Å². The molecule has 0 radical (unpaired) electrons. The molecule has 21 heavy (non-hydrogen) atoms. The Hall–Kier alpha value is -1.88. The Labute approximate surface area is 130 Å². The Morgan fingerprint density at radius 1 is 1.14 bits per heavy atom. The molecule has 0 fully saturated rings. The van der Waals surface area contributed by atoms with Gasteiger partial charge in [0, 0.05) is 6.07 Å². The normalized spacial score (nSPS) is 16.9. The Morgan fingerprint density at radius 3 is 2.67 bits per heavy atom. The van der Waals surface area contributed by atoms with Gasteiger partial charge in [0.1, 0.15) is 11.9 Å². The third-order valence-electron chi connectivity index (χ3n) is 3.53. The molecule has 2 aromatic carbocycles. The smallest absolute Gasteiger partial charge is 0.246 e. The number of carbonyl (C=O) groups excluding carboxylic acids is 1. The molecule has 3 rings (SSSR count). The Kier molecular flexibility index (Phi) is 3.92. The summed E-state index contributed by atoms with van der Waals surface area (Å²) in [5.41, 5.74) is 2.41. The summed E-state index contributed by atoms with van der Waals surface area (Å²) in [5.74, 6) is -0.515. The number of aryl methyl sites for hydroxylation is 1. The molecule has 1 heterocycles. The second-order valence-corrected chi connectivity index (χ2v) is 5.88. The van der Waals surface area contributed by atoms with Crippen molar-refractivity contribution >= 4 is 33.2 Å². The molecule has 0 saturated heterocycles. The summed E-state index contributed by atoms with van der Waals surface area (Å²) in [4.78, 5) is 12.1. The number of hydrogen-bond donors (Lipinski definition) is 2. The van der Waals surface area contributed by atoms with Gasteiger partial charge in [0.25, 0.3) is 0 Å². The van der Waals surface area contributed by atoms with Crippen LogP contribution in [0, 0.1) is 5.82 Å². The van der Waals surface area contributed by atoms with E-state index in [9.17, 15) is 9.18 Å². The number of anilines is 2. The first-order valence-corrected chi connectivity index (χ1v) is 7.53. The first-order chi connectivity index (χ1) is 10.1. The minimum absolute atomic E-state index is 0.125. The van der Waals surface area contributed by atoms with Crippen LogP contribution < -0.4 is 10.6 Å². The van der Waals surface area contributed by atoms with Crippen molar-refractivity contribution in [3.63, 3.8) is 0 Å². The number of amides is 1. The monoisotopic (exact) mass is 348 g/mol. The number of fused-ring (bicyclic) bond motifs is 1. The molecule has 0 spiro atoms. The fourth-order valence-corrected chi connectivity index (χ4v) is 2.75. The summed E-state index contributed by atoms with van der Waals surface area (Å²) in [6.45, 7) is 0. The van der Waals surface area contributed by atoms with Gasteiger partial charge in [0.05, 0.1) is 15.8 Å². The van der Waals surface area contributed by atoms with E-state index in [0.29, 0.717) is 16.6 Å². The van der Waals surface area contributed by atoms with Gasteiger partial charge in [-0.15, -0.1) is 0 Å². The highest BCUT2D eigenvalue weighted by Crippen LogP contribution is 2.32. The molecular weight excluding hydrogens is 335 g/mol. The van der Waals surface area contributed by atoms with Gasteiger partial charge in [0.2, 0.25) is 5.91 Å². The Balaban J connectivity index is 1.73. The van der Waals surface area contributed by atoms with Crippen LogP contribution in [0.1, 0.15) is 12.0 Å². The van der Waals surface area contributed by atoms with Crippen LogP contribution in [0.15, 0.2) is 46.9 Å². The van der Waals surface area contributed by atoms with Crippen LogP contribution in [-0.4, -0.2) is 11.9 Å². The maximum atomic E-state index is 13.5. The highest BCUT2D eigenvalue weighted by Gasteiger charge is 2.26. The second kappa shape index (κ2) is 5.85. The van der Waals surface area contributed by atoms with Gasteiger partial charge in [-0.2, -0.15) is 0 Å². The first-order valence-electron chi connectivity index (χ1n) is 6.74. The van der Waals surface area contributed by atoms with Crippen molar-refractivity contribution in [2.45, 2.75) is 18.9 Å². The summed E-state index contributed by atoms with van der Waals surface area (Å²) in [7, 11) is 0. The molecule has 2 aromatic rings. The van der Waals surface area contributed by atoms with Crippen LogP contribution in [-0.2, 0) is 11.2 Å². The van der Waals surface area contributed by atoms with Crippen molar-refractivity contribution in [1.29, 1.82) is 0 Å². The minimum atomic E-state index is -0.390. The Morgan fingerprint density at radius 2 is 1.90 bits per heavy atom. The summed E-state index contributed by atoms with van der Waals surface area (Å²) in [6, 6.07) is 12.7. The number of nitrogens with one attached hydrogen (secondary N) is 2. The van der Waals surface area contributed by atoms with Crippen molar-refractivity contribution in [2.24, 2.45) is 0 Å². The third kappa shape index (κ3) is 3.08. The lowest BCUT2D eigenvalue weighted by molar-refractivity contribution is -0.117. The van der Waals surface area contributed by atoms with E-state index in [-0.39, 0.29) is 11.9 Å². The van der Waals surface area contributed by atoms with Crippen LogP contribution in [0.25, 0.3) is 0 Å². The predicted octanol–water partition coefficient (Wildman–Crippen LogP) is 3.95. The van der Waals surface area contributed by atoms with Crippen molar-refractivity contribution in [1.82, 2.24) is 0 Å². The van der Waals surface area contributed by atoms with Crippen molar-refractivity contribution in [2.75, 3.05) is 10.6 Å². The fourth-order valence-electron chi connectivity index (χ4n) is 2.40. The van der Waals surface area contributed by atoms with E-state index >= 15 is 0 Å². The number of halogens is 2. The van der Waals surface area contributed by atoms with Crippen LogP contribution in [0.2, 0.25) is 0 Å². The second-order valence-electron chi connectivity index (χ2n) is 5.02. The van der Waals surface area contributed by atoms with Crippen LogP contribution in [0.5, 0.6) is 0 Å². The molecule has 108 valence electrons. The van der Waals surface area contributed by atoms with Gasteiger partial charge in [-0.3, -0.25) is 4.79 Å². The SMILES string of the molecule is O=C1Nc2cc(F)c(Br)cc2NC1CCc1ccccc1. The van der Waals surface area contributed by atoms with Gasteiger partial charge in [-0.25, -0.2) is 4.39 Å². The zero-order chi connectivity index (χ0) is 14.8. The van der Waals surface area contributed by atoms with Crippen LogP contribution in [0.4, 0.5) is 15.8 Å². The molecule has 5 heteroatoms. The standard InChI is InChI=1S/C16H14BrFN2O/c17-11-8-14-15(9-12(11)18)20-16(21)13(19-14)7-6-10-4-2-1-3-5-10/h1-5,8-9,13,19H,6-7H2,(H,20,21). The Bertz CT molecular complexity index is 675. The predicted molar refractivity (Wildman–Crippen MR) is 84.9 cm³/mol. The highest BCUT2D eigenvalue weighted by atomic mass is 79.9. The number of benzene rings is 2. The number of hydrogen-bond acceptors (Lipinski definition) is 2. The molecule has 0 saturated carbocycles. The highest BCUT2D eigenvalue weighted by molar-refractivity contribution is 9.10. The molecule has 3 nitrogen and oxygen atoms in total. The van der Waals surface area contributed by atoms with Crippen molar-refractivity contribution in [3.8, 4) is 0 Å². The third-order valence-corrected chi connectivity index (χ3v) is 4.14. The molecule has 0 aliphatic carbocycles. The molecule has 0 aromatic heterocycles. The summed E-state index contributed by atoms with van der Waals surface area (Å²) < 4.78 is 13.9. The summed E-state index contributed by atoms with van der Waals surface area (Å²) in [5, 5.41) is 5.93. The molecule has 1 atom stereocenters. The van der Waals surface area contributed by atoms with Gasteiger partial charge >= 0.3 is 0 Å². The van der Waals surface area contributed by atoms with Crippen molar-refractivity contribution < 1.29 is 9.18 Å². The first kappa shape index (κ1) is 14.1. The van der Waals surface area contributed by atoms with Gasteiger partial charge < -0.3 is 10.6 Å². The molecule has 1 aliphatic rings. The maximum absolute atomic E-state index is 13.5. The molecule has 2 N–H and O–H groups in total.